The molecule has 0 unspecified atom stereocenters. The third kappa shape index (κ3) is 4.89. The van der Waals surface area contributed by atoms with Gasteiger partial charge in [0.05, 0.1) is 16.9 Å². The van der Waals surface area contributed by atoms with Gasteiger partial charge in [-0.05, 0) is 18.4 Å². The lowest BCUT2D eigenvalue weighted by Crippen LogP contribution is -2.41. The quantitative estimate of drug-likeness (QED) is 0.536. The lowest BCUT2D eigenvalue weighted by Gasteiger charge is -2.16. The zero-order valence-corrected chi connectivity index (χ0v) is 13.7. The Hall–Kier alpha value is -2.20. The number of carboxylic acids is 1. The van der Waals surface area contributed by atoms with Crippen molar-refractivity contribution < 1.29 is 28.0 Å². The summed E-state index contributed by atoms with van der Waals surface area (Å²) in [6.07, 6.45) is 0.110. The predicted molar refractivity (Wildman–Crippen MR) is 80.8 cm³/mol. The van der Waals surface area contributed by atoms with Crippen LogP contribution in [-0.2, 0) is 14.8 Å². The van der Waals surface area contributed by atoms with E-state index in [4.69, 9.17) is 9.84 Å². The number of rotatable bonds is 8. The second-order valence-electron chi connectivity index (χ2n) is 5.23. The van der Waals surface area contributed by atoms with Crippen molar-refractivity contribution in [3.63, 3.8) is 0 Å². The molecule has 0 aliphatic heterocycles. The smallest absolute Gasteiger partial charge is 0.321 e. The maximum absolute atomic E-state index is 12.3. The van der Waals surface area contributed by atoms with Gasteiger partial charge in [-0.15, -0.1) is 0 Å². The first kappa shape index (κ1) is 18.8. The van der Waals surface area contributed by atoms with Crippen LogP contribution in [0.5, 0.6) is 5.75 Å². The topological polar surface area (TPSA) is 136 Å². The Labute approximate surface area is 133 Å². The van der Waals surface area contributed by atoms with Crippen molar-refractivity contribution in [2.45, 2.75) is 31.2 Å². The molecule has 0 amide bonds. The van der Waals surface area contributed by atoms with Crippen molar-refractivity contribution in [2.75, 3.05) is 7.11 Å². The molecule has 9 nitrogen and oxygen atoms in total. The zero-order valence-electron chi connectivity index (χ0n) is 12.8. The largest absolute Gasteiger partial charge is 0.490 e. The molecule has 1 aromatic carbocycles. The Morgan fingerprint density at radius 3 is 2.48 bits per heavy atom. The fraction of sp³-hybridized carbons (Fsp3) is 0.462. The van der Waals surface area contributed by atoms with Gasteiger partial charge in [-0.3, -0.25) is 14.9 Å². The minimum atomic E-state index is -4.16. The maximum atomic E-state index is 12.3. The number of ether oxygens (including phenoxy) is 1. The highest BCUT2D eigenvalue weighted by Gasteiger charge is 2.27. The summed E-state index contributed by atoms with van der Waals surface area (Å²) in [5.74, 6) is -1.56. The van der Waals surface area contributed by atoms with Crippen molar-refractivity contribution in [3.8, 4) is 5.75 Å². The molecule has 2 N–H and O–H groups in total. The van der Waals surface area contributed by atoms with Gasteiger partial charge in [0.2, 0.25) is 10.0 Å². The summed E-state index contributed by atoms with van der Waals surface area (Å²) in [5, 5.41) is 19.9. The van der Waals surface area contributed by atoms with Crippen molar-refractivity contribution in [2.24, 2.45) is 5.92 Å². The molecular formula is C13H18N2O7S. The number of nitro benzene ring substituents is 1. The van der Waals surface area contributed by atoms with Crippen LogP contribution in [0.4, 0.5) is 5.69 Å². The molecule has 0 saturated carbocycles. The predicted octanol–water partition coefficient (Wildman–Crippen LogP) is 1.38. The van der Waals surface area contributed by atoms with Crippen LogP contribution in [0.1, 0.15) is 20.3 Å². The van der Waals surface area contributed by atoms with Gasteiger partial charge in [-0.2, -0.15) is 4.72 Å². The van der Waals surface area contributed by atoms with E-state index in [1.807, 2.05) is 0 Å². The standard InChI is InChI=1S/C13H18N2O7S/c1-8(2)6-10(13(16)17)14-23(20,21)9-4-5-11(15(18)19)12(7-9)22-3/h4-5,7-8,10,14H,6H2,1-3H3,(H,16,17)/t10-/m0/s1. The van der Waals surface area contributed by atoms with Crippen molar-refractivity contribution >= 4 is 21.7 Å². The average molecular weight is 346 g/mol. The Bertz CT molecular complexity index is 700. The molecule has 0 spiro atoms. The number of aliphatic carboxylic acids is 1. The van der Waals surface area contributed by atoms with Crippen LogP contribution in [0.2, 0.25) is 0 Å². The maximum Gasteiger partial charge on any atom is 0.321 e. The van der Waals surface area contributed by atoms with E-state index in [1.165, 1.54) is 7.11 Å². The second kappa shape index (κ2) is 7.38. The number of nitrogens with zero attached hydrogens (tertiary/aromatic N) is 1. The number of hydrogen-bond donors (Lipinski definition) is 2. The normalized spacial score (nSPS) is 12.9. The highest BCUT2D eigenvalue weighted by molar-refractivity contribution is 7.89. The first-order chi connectivity index (χ1) is 10.6. The molecule has 10 heteroatoms. The lowest BCUT2D eigenvalue weighted by atomic mass is 10.1. The van der Waals surface area contributed by atoms with E-state index in [1.54, 1.807) is 13.8 Å². The van der Waals surface area contributed by atoms with Gasteiger partial charge in [0.15, 0.2) is 5.75 Å². The molecule has 128 valence electrons. The van der Waals surface area contributed by atoms with E-state index in [0.717, 1.165) is 18.2 Å². The number of benzene rings is 1. The fourth-order valence-electron chi connectivity index (χ4n) is 1.90. The summed E-state index contributed by atoms with van der Waals surface area (Å²) in [7, 11) is -2.99. The van der Waals surface area contributed by atoms with Crippen molar-refractivity contribution in [3.05, 3.63) is 28.3 Å². The molecule has 0 aliphatic rings. The number of carbonyl (C=O) groups is 1. The second-order valence-corrected chi connectivity index (χ2v) is 6.95. The number of sulfonamides is 1. The highest BCUT2D eigenvalue weighted by Crippen LogP contribution is 2.29. The number of hydrogen-bond acceptors (Lipinski definition) is 6. The van der Waals surface area contributed by atoms with Gasteiger partial charge in [0.1, 0.15) is 6.04 Å². The summed E-state index contributed by atoms with van der Waals surface area (Å²) < 4.78 is 31.5. The van der Waals surface area contributed by atoms with Crippen molar-refractivity contribution in [1.82, 2.24) is 4.72 Å². The van der Waals surface area contributed by atoms with Crippen LogP contribution >= 0.6 is 0 Å². The molecule has 0 heterocycles. The SMILES string of the molecule is COc1cc(S(=O)(=O)N[C@@H](CC(C)C)C(=O)O)ccc1[N+](=O)[O-]. The lowest BCUT2D eigenvalue weighted by molar-refractivity contribution is -0.385. The third-order valence-corrected chi connectivity index (χ3v) is 4.43. The average Bonchev–Trinajstić information content (AvgIpc) is 2.44. The number of nitrogens with one attached hydrogen (secondary N) is 1. The van der Waals surface area contributed by atoms with Crippen LogP contribution in [-0.4, -0.2) is 37.6 Å². The molecule has 0 saturated heterocycles. The Kier molecular flexibility index (Phi) is 6.05. The van der Waals surface area contributed by atoms with E-state index in [9.17, 15) is 23.3 Å². The van der Waals surface area contributed by atoms with Gasteiger partial charge in [0, 0.05) is 12.1 Å². The van der Waals surface area contributed by atoms with Gasteiger partial charge in [0.25, 0.3) is 0 Å². The first-order valence-electron chi connectivity index (χ1n) is 6.66. The van der Waals surface area contributed by atoms with Gasteiger partial charge < -0.3 is 9.84 Å². The summed E-state index contributed by atoms with van der Waals surface area (Å²) >= 11 is 0. The van der Waals surface area contributed by atoms with Crippen LogP contribution in [0.25, 0.3) is 0 Å². The monoisotopic (exact) mass is 346 g/mol. The fourth-order valence-corrected chi connectivity index (χ4v) is 3.12. The minimum Gasteiger partial charge on any atom is -0.490 e. The molecule has 0 bridgehead atoms. The number of carboxylic acid groups (broad SMARTS) is 1. The molecule has 0 aliphatic carbocycles. The van der Waals surface area contributed by atoms with E-state index >= 15 is 0 Å². The van der Waals surface area contributed by atoms with Crippen LogP contribution in [0.3, 0.4) is 0 Å². The summed E-state index contributed by atoms with van der Waals surface area (Å²) in [4.78, 5) is 21.0. The van der Waals surface area contributed by atoms with Gasteiger partial charge in [-0.25, -0.2) is 8.42 Å². The highest BCUT2D eigenvalue weighted by atomic mass is 32.2. The molecule has 0 aromatic heterocycles. The third-order valence-electron chi connectivity index (χ3n) is 2.96. The number of methoxy groups -OCH3 is 1. The Balaban J connectivity index is 3.17. The summed E-state index contributed by atoms with van der Waals surface area (Å²) in [6, 6.07) is 1.71. The first-order valence-corrected chi connectivity index (χ1v) is 8.14. The molecule has 1 atom stereocenters. The van der Waals surface area contributed by atoms with E-state index in [2.05, 4.69) is 4.72 Å². The van der Waals surface area contributed by atoms with E-state index < -0.39 is 27.0 Å². The Morgan fingerprint density at radius 1 is 1.43 bits per heavy atom. The molecule has 1 aromatic rings. The van der Waals surface area contributed by atoms with E-state index in [-0.39, 0.29) is 28.7 Å². The molecule has 1 rings (SSSR count). The van der Waals surface area contributed by atoms with Gasteiger partial charge in [-0.1, -0.05) is 13.8 Å². The molecule has 23 heavy (non-hydrogen) atoms. The van der Waals surface area contributed by atoms with Crippen molar-refractivity contribution in [1.29, 1.82) is 0 Å². The summed E-state index contributed by atoms with van der Waals surface area (Å²) in [6.45, 7) is 3.53. The van der Waals surface area contributed by atoms with Crippen LogP contribution in [0.15, 0.2) is 23.1 Å². The Morgan fingerprint density at radius 2 is 2.04 bits per heavy atom. The summed E-state index contributed by atoms with van der Waals surface area (Å²) in [5.41, 5.74) is -0.386. The molecular weight excluding hydrogens is 328 g/mol. The number of nitro groups is 1. The minimum absolute atomic E-state index is 0.0369. The zero-order chi connectivity index (χ0) is 17.8. The molecule has 0 fully saturated rings. The van der Waals surface area contributed by atoms with Crippen LogP contribution in [0, 0.1) is 16.0 Å². The van der Waals surface area contributed by atoms with E-state index in [0.29, 0.717) is 0 Å². The molecule has 0 radical (unpaired) electrons. The van der Waals surface area contributed by atoms with Crippen LogP contribution < -0.4 is 9.46 Å². The van der Waals surface area contributed by atoms with Gasteiger partial charge >= 0.3 is 11.7 Å².